The molecule has 104 valence electrons. The highest BCUT2D eigenvalue weighted by Crippen LogP contribution is 2.04. The van der Waals surface area contributed by atoms with Gasteiger partial charge in [-0.15, -0.1) is 6.58 Å². The van der Waals surface area contributed by atoms with E-state index in [1.54, 1.807) is 0 Å². The van der Waals surface area contributed by atoms with Crippen LogP contribution in [0.25, 0.3) is 0 Å². The quantitative estimate of drug-likeness (QED) is 0.617. The van der Waals surface area contributed by atoms with Gasteiger partial charge >= 0.3 is 12.0 Å². The fourth-order valence-electron chi connectivity index (χ4n) is 1.28. The Labute approximate surface area is 103 Å². The number of hydrogen-bond acceptors (Lipinski definition) is 3. The van der Waals surface area contributed by atoms with E-state index < -0.39 is 38.1 Å². The average molecular weight is 266 g/mol. The molecule has 0 radical (unpaired) electrons. The molecule has 0 aromatic carbocycles. The lowest BCUT2D eigenvalue weighted by atomic mass is 10.4. The monoisotopic (exact) mass is 266 g/mol. The van der Waals surface area contributed by atoms with E-state index >= 15 is 0 Å². The van der Waals surface area contributed by atoms with E-state index in [0.717, 1.165) is 4.90 Å². The molecule has 6 nitrogen and oxygen atoms in total. The van der Waals surface area contributed by atoms with E-state index in [1.807, 2.05) is 0 Å². The second-order valence-electron chi connectivity index (χ2n) is 3.41. The Morgan fingerprint density at radius 1 is 1.33 bits per heavy atom. The lowest BCUT2D eigenvalue weighted by Gasteiger charge is -2.28. The molecule has 2 amide bonds. The van der Waals surface area contributed by atoms with Crippen molar-refractivity contribution < 1.29 is 28.6 Å². The standard InChI is InChI=1S/C10H16F2N2O4/c1-2-3-13(7-9(16)17)10(18)14(4-5-15)6-8(11)12/h2,8,15H,1,3-7H2,(H,16,17). The zero-order valence-electron chi connectivity index (χ0n) is 9.76. The number of carboxylic acid groups (broad SMARTS) is 1. The summed E-state index contributed by atoms with van der Waals surface area (Å²) in [6.07, 6.45) is -1.46. The van der Waals surface area contributed by atoms with Crippen molar-refractivity contribution in [2.45, 2.75) is 6.43 Å². The molecule has 8 heteroatoms. The zero-order valence-corrected chi connectivity index (χ0v) is 9.76. The normalized spacial score (nSPS) is 10.2. The van der Waals surface area contributed by atoms with Crippen LogP contribution < -0.4 is 0 Å². The number of aliphatic carboxylic acids is 1. The molecule has 0 saturated carbocycles. The molecule has 0 aromatic rings. The second-order valence-corrected chi connectivity index (χ2v) is 3.41. The third-order valence-electron chi connectivity index (χ3n) is 1.94. The molecule has 0 saturated heterocycles. The number of carbonyl (C=O) groups is 2. The van der Waals surface area contributed by atoms with Gasteiger partial charge in [0.1, 0.15) is 6.54 Å². The molecule has 0 rings (SSSR count). The van der Waals surface area contributed by atoms with Crippen LogP contribution in [-0.4, -0.2) is 71.2 Å². The molecule has 0 fully saturated rings. The largest absolute Gasteiger partial charge is 0.480 e. The van der Waals surface area contributed by atoms with Gasteiger partial charge in [0.25, 0.3) is 6.43 Å². The zero-order chi connectivity index (χ0) is 14.1. The van der Waals surface area contributed by atoms with Crippen molar-refractivity contribution in [3.05, 3.63) is 12.7 Å². The predicted molar refractivity (Wildman–Crippen MR) is 59.5 cm³/mol. The van der Waals surface area contributed by atoms with Gasteiger partial charge in [-0.2, -0.15) is 0 Å². The van der Waals surface area contributed by atoms with Crippen LogP contribution in [0.5, 0.6) is 0 Å². The smallest absolute Gasteiger partial charge is 0.323 e. The minimum absolute atomic E-state index is 0.0731. The maximum atomic E-state index is 12.2. The SMILES string of the molecule is C=CCN(CC(=O)O)C(=O)N(CCO)CC(F)F. The van der Waals surface area contributed by atoms with Crippen molar-refractivity contribution in [1.29, 1.82) is 0 Å². The first kappa shape index (κ1) is 16.3. The van der Waals surface area contributed by atoms with Crippen LogP contribution in [0, 0.1) is 0 Å². The second kappa shape index (κ2) is 8.40. The first-order chi connectivity index (χ1) is 8.42. The molecule has 0 aromatic heterocycles. The number of aliphatic hydroxyl groups excluding tert-OH is 1. The molecule has 0 aliphatic heterocycles. The summed E-state index contributed by atoms with van der Waals surface area (Å²) in [6, 6.07) is -0.869. The first-order valence-corrected chi connectivity index (χ1v) is 5.17. The van der Waals surface area contributed by atoms with Crippen LogP contribution in [-0.2, 0) is 4.79 Å². The summed E-state index contributed by atoms with van der Waals surface area (Å²) in [5, 5.41) is 17.3. The van der Waals surface area contributed by atoms with Crippen molar-refractivity contribution in [3.63, 3.8) is 0 Å². The summed E-state index contributed by atoms with van der Waals surface area (Å²) < 4.78 is 24.5. The number of hydrogen-bond donors (Lipinski definition) is 2. The molecule has 18 heavy (non-hydrogen) atoms. The molecule has 0 aliphatic carbocycles. The lowest BCUT2D eigenvalue weighted by Crippen LogP contribution is -2.48. The molecule has 0 aliphatic rings. The highest BCUT2D eigenvalue weighted by molar-refractivity contribution is 5.80. The number of halogens is 2. The number of urea groups is 1. The molecular formula is C10H16F2N2O4. The van der Waals surface area contributed by atoms with Crippen LogP contribution in [0.1, 0.15) is 0 Å². The topological polar surface area (TPSA) is 81.1 Å². The molecule has 0 unspecified atom stereocenters. The van der Waals surface area contributed by atoms with Crippen LogP contribution in [0.4, 0.5) is 13.6 Å². The Bertz CT molecular complexity index is 300. The maximum absolute atomic E-state index is 12.2. The Hall–Kier alpha value is -1.70. The van der Waals surface area contributed by atoms with E-state index in [4.69, 9.17) is 10.2 Å². The van der Waals surface area contributed by atoms with Crippen LogP contribution >= 0.6 is 0 Å². The van der Waals surface area contributed by atoms with Crippen molar-refractivity contribution in [2.24, 2.45) is 0 Å². The first-order valence-electron chi connectivity index (χ1n) is 5.17. The van der Waals surface area contributed by atoms with Crippen molar-refractivity contribution in [2.75, 3.05) is 32.8 Å². The van der Waals surface area contributed by atoms with Gasteiger partial charge in [-0.3, -0.25) is 4.79 Å². The molecule has 2 N–H and O–H groups in total. The molecule has 0 heterocycles. The minimum atomic E-state index is -2.75. The van der Waals surface area contributed by atoms with Gasteiger partial charge in [-0.05, 0) is 0 Å². The van der Waals surface area contributed by atoms with E-state index in [1.165, 1.54) is 6.08 Å². The van der Waals surface area contributed by atoms with Gasteiger partial charge in [0.15, 0.2) is 0 Å². The Kier molecular flexibility index (Phi) is 7.61. The van der Waals surface area contributed by atoms with Gasteiger partial charge in [0, 0.05) is 13.1 Å². The van der Waals surface area contributed by atoms with Crippen LogP contribution in [0.2, 0.25) is 0 Å². The summed E-state index contributed by atoms with van der Waals surface area (Å²) in [6.45, 7) is 1.05. The molecular weight excluding hydrogens is 250 g/mol. The summed E-state index contributed by atoms with van der Waals surface area (Å²) in [5.74, 6) is -1.26. The fourth-order valence-corrected chi connectivity index (χ4v) is 1.28. The van der Waals surface area contributed by atoms with Crippen LogP contribution in [0.15, 0.2) is 12.7 Å². The van der Waals surface area contributed by atoms with Crippen molar-refractivity contribution in [3.8, 4) is 0 Å². The van der Waals surface area contributed by atoms with Gasteiger partial charge in [0.05, 0.1) is 13.2 Å². The number of rotatable bonds is 8. The van der Waals surface area contributed by atoms with Gasteiger partial charge in [-0.1, -0.05) is 6.08 Å². The number of amides is 2. The third-order valence-corrected chi connectivity index (χ3v) is 1.94. The van der Waals surface area contributed by atoms with E-state index in [0.29, 0.717) is 4.90 Å². The summed E-state index contributed by atoms with van der Waals surface area (Å²) in [4.78, 5) is 23.9. The summed E-state index contributed by atoms with van der Waals surface area (Å²) >= 11 is 0. The highest BCUT2D eigenvalue weighted by atomic mass is 19.3. The van der Waals surface area contributed by atoms with Gasteiger partial charge in [0.2, 0.25) is 0 Å². The lowest BCUT2D eigenvalue weighted by molar-refractivity contribution is -0.137. The van der Waals surface area contributed by atoms with Gasteiger partial charge in [-0.25, -0.2) is 13.6 Å². The third kappa shape index (κ3) is 6.14. The average Bonchev–Trinajstić information content (AvgIpc) is 2.26. The minimum Gasteiger partial charge on any atom is -0.480 e. The number of nitrogens with zero attached hydrogens (tertiary/aromatic N) is 2. The summed E-state index contributed by atoms with van der Waals surface area (Å²) in [7, 11) is 0. The number of carboxylic acids is 1. The number of aliphatic hydroxyl groups is 1. The van der Waals surface area contributed by atoms with Gasteiger partial charge < -0.3 is 20.0 Å². The van der Waals surface area contributed by atoms with Crippen molar-refractivity contribution >= 4 is 12.0 Å². The van der Waals surface area contributed by atoms with E-state index in [9.17, 15) is 18.4 Å². The number of carbonyl (C=O) groups excluding carboxylic acids is 1. The summed E-state index contributed by atoms with van der Waals surface area (Å²) in [5.41, 5.74) is 0. The Morgan fingerprint density at radius 3 is 2.33 bits per heavy atom. The van der Waals surface area contributed by atoms with E-state index in [-0.39, 0.29) is 13.1 Å². The maximum Gasteiger partial charge on any atom is 0.323 e. The van der Waals surface area contributed by atoms with Crippen molar-refractivity contribution in [1.82, 2.24) is 9.80 Å². The predicted octanol–water partition coefficient (Wildman–Crippen LogP) is 0.238. The Morgan fingerprint density at radius 2 is 1.94 bits per heavy atom. The highest BCUT2D eigenvalue weighted by Gasteiger charge is 2.24. The van der Waals surface area contributed by atoms with Crippen LogP contribution in [0.3, 0.4) is 0 Å². The molecule has 0 spiro atoms. The fraction of sp³-hybridized carbons (Fsp3) is 0.600. The number of alkyl halides is 2. The molecule has 0 atom stereocenters. The Balaban J connectivity index is 4.74. The van der Waals surface area contributed by atoms with E-state index in [2.05, 4.69) is 6.58 Å². The molecule has 0 bridgehead atoms.